The zero-order valence-electron chi connectivity index (χ0n) is 14.2. The first-order valence-corrected chi connectivity index (χ1v) is 8.05. The SMILES string of the molecule is CCC(CC)CNC(=NC)NCc1nccn1CC(C)C. The summed E-state index contributed by atoms with van der Waals surface area (Å²) in [7, 11) is 1.81. The minimum Gasteiger partial charge on any atom is -0.356 e. The highest BCUT2D eigenvalue weighted by Gasteiger charge is 2.07. The molecule has 1 heterocycles. The van der Waals surface area contributed by atoms with E-state index in [-0.39, 0.29) is 0 Å². The molecule has 21 heavy (non-hydrogen) atoms. The van der Waals surface area contributed by atoms with E-state index in [0.717, 1.165) is 24.9 Å². The van der Waals surface area contributed by atoms with Crippen molar-refractivity contribution in [1.82, 2.24) is 20.2 Å². The van der Waals surface area contributed by atoms with Gasteiger partial charge in [0.05, 0.1) is 6.54 Å². The van der Waals surface area contributed by atoms with Gasteiger partial charge in [-0.1, -0.05) is 40.5 Å². The lowest BCUT2D eigenvalue weighted by atomic mass is 10.0. The molecule has 0 fully saturated rings. The zero-order valence-corrected chi connectivity index (χ0v) is 14.2. The molecule has 0 atom stereocenters. The average Bonchev–Trinajstić information content (AvgIpc) is 2.89. The van der Waals surface area contributed by atoms with Crippen molar-refractivity contribution >= 4 is 5.96 Å². The Morgan fingerprint density at radius 1 is 1.29 bits per heavy atom. The minimum absolute atomic E-state index is 0.616. The van der Waals surface area contributed by atoms with Crippen molar-refractivity contribution in [1.29, 1.82) is 0 Å². The van der Waals surface area contributed by atoms with Crippen LogP contribution in [0.4, 0.5) is 0 Å². The van der Waals surface area contributed by atoms with Crippen molar-refractivity contribution in [3.05, 3.63) is 18.2 Å². The van der Waals surface area contributed by atoms with E-state index in [0.29, 0.717) is 18.4 Å². The molecule has 0 amide bonds. The second-order valence-electron chi connectivity index (χ2n) is 5.88. The Hall–Kier alpha value is -1.52. The van der Waals surface area contributed by atoms with E-state index in [1.54, 1.807) is 0 Å². The maximum absolute atomic E-state index is 4.42. The third-order valence-electron chi connectivity index (χ3n) is 3.71. The normalized spacial score (nSPS) is 12.2. The number of hydrogen-bond acceptors (Lipinski definition) is 2. The summed E-state index contributed by atoms with van der Waals surface area (Å²) >= 11 is 0. The van der Waals surface area contributed by atoms with Crippen molar-refractivity contribution in [3.8, 4) is 0 Å². The van der Waals surface area contributed by atoms with Crippen LogP contribution in [0.3, 0.4) is 0 Å². The molecule has 0 saturated carbocycles. The molecule has 0 unspecified atom stereocenters. The van der Waals surface area contributed by atoms with E-state index in [4.69, 9.17) is 0 Å². The zero-order chi connectivity index (χ0) is 15.7. The Bertz CT molecular complexity index is 418. The van der Waals surface area contributed by atoms with Crippen LogP contribution in [0.25, 0.3) is 0 Å². The van der Waals surface area contributed by atoms with Crippen LogP contribution in [0.1, 0.15) is 46.4 Å². The minimum atomic E-state index is 0.616. The molecular formula is C16H31N5. The third kappa shape index (κ3) is 6.19. The number of aromatic nitrogens is 2. The van der Waals surface area contributed by atoms with Gasteiger partial charge in [-0.05, 0) is 11.8 Å². The summed E-state index contributed by atoms with van der Waals surface area (Å²) in [6.07, 6.45) is 6.29. The summed E-state index contributed by atoms with van der Waals surface area (Å²) in [5.41, 5.74) is 0. The van der Waals surface area contributed by atoms with Gasteiger partial charge in [-0.25, -0.2) is 4.98 Å². The average molecular weight is 293 g/mol. The van der Waals surface area contributed by atoms with Crippen molar-refractivity contribution in [2.75, 3.05) is 13.6 Å². The lowest BCUT2D eigenvalue weighted by molar-refractivity contribution is 0.479. The molecule has 1 aromatic rings. The second-order valence-corrected chi connectivity index (χ2v) is 5.88. The van der Waals surface area contributed by atoms with E-state index < -0.39 is 0 Å². The van der Waals surface area contributed by atoms with Gasteiger partial charge in [-0.15, -0.1) is 0 Å². The number of hydrogen-bond donors (Lipinski definition) is 2. The monoisotopic (exact) mass is 293 g/mol. The molecule has 0 bridgehead atoms. The van der Waals surface area contributed by atoms with E-state index in [1.807, 2.05) is 19.4 Å². The molecule has 120 valence electrons. The van der Waals surface area contributed by atoms with E-state index in [9.17, 15) is 0 Å². The number of imidazole rings is 1. The van der Waals surface area contributed by atoms with Gasteiger partial charge in [0, 0.05) is 32.5 Å². The summed E-state index contributed by atoms with van der Waals surface area (Å²) < 4.78 is 2.20. The Balaban J connectivity index is 2.47. The number of nitrogens with zero attached hydrogens (tertiary/aromatic N) is 3. The van der Waals surface area contributed by atoms with Gasteiger partial charge in [-0.2, -0.15) is 0 Å². The first-order valence-electron chi connectivity index (χ1n) is 8.05. The van der Waals surface area contributed by atoms with E-state index >= 15 is 0 Å². The fraction of sp³-hybridized carbons (Fsp3) is 0.750. The fourth-order valence-corrected chi connectivity index (χ4v) is 2.27. The molecule has 0 radical (unpaired) electrons. The topological polar surface area (TPSA) is 54.2 Å². The predicted molar refractivity (Wildman–Crippen MR) is 89.3 cm³/mol. The van der Waals surface area contributed by atoms with E-state index in [2.05, 4.69) is 52.9 Å². The molecule has 0 aromatic carbocycles. The van der Waals surface area contributed by atoms with Crippen molar-refractivity contribution < 1.29 is 0 Å². The van der Waals surface area contributed by atoms with Crippen LogP contribution in [0, 0.1) is 11.8 Å². The Labute approximate surface area is 129 Å². The molecule has 1 aromatic heterocycles. The van der Waals surface area contributed by atoms with Crippen molar-refractivity contribution in [2.24, 2.45) is 16.8 Å². The van der Waals surface area contributed by atoms with Gasteiger partial charge in [0.25, 0.3) is 0 Å². The van der Waals surface area contributed by atoms with Crippen LogP contribution in [0.15, 0.2) is 17.4 Å². The molecule has 5 nitrogen and oxygen atoms in total. The summed E-state index contributed by atoms with van der Waals surface area (Å²) in [4.78, 5) is 8.70. The van der Waals surface area contributed by atoms with Gasteiger partial charge in [0.2, 0.25) is 0 Å². The molecule has 0 saturated heterocycles. The number of nitrogens with one attached hydrogen (secondary N) is 2. The Kier molecular flexibility index (Phi) is 7.87. The molecule has 0 aliphatic heterocycles. The molecule has 0 aliphatic carbocycles. The summed E-state index contributed by atoms with van der Waals surface area (Å²) in [5.74, 6) is 3.21. The molecular weight excluding hydrogens is 262 g/mol. The highest BCUT2D eigenvalue weighted by molar-refractivity contribution is 5.79. The van der Waals surface area contributed by atoms with Gasteiger partial charge in [-0.3, -0.25) is 4.99 Å². The summed E-state index contributed by atoms with van der Waals surface area (Å²) in [6, 6.07) is 0. The van der Waals surface area contributed by atoms with Crippen LogP contribution < -0.4 is 10.6 Å². The Morgan fingerprint density at radius 2 is 2.00 bits per heavy atom. The van der Waals surface area contributed by atoms with Crippen LogP contribution >= 0.6 is 0 Å². The number of guanidine groups is 1. The van der Waals surface area contributed by atoms with Crippen LogP contribution in [0.5, 0.6) is 0 Å². The third-order valence-corrected chi connectivity index (χ3v) is 3.71. The van der Waals surface area contributed by atoms with E-state index in [1.165, 1.54) is 12.8 Å². The van der Waals surface area contributed by atoms with Gasteiger partial charge < -0.3 is 15.2 Å². The molecule has 5 heteroatoms. The Morgan fingerprint density at radius 3 is 2.57 bits per heavy atom. The fourth-order valence-electron chi connectivity index (χ4n) is 2.27. The smallest absolute Gasteiger partial charge is 0.191 e. The van der Waals surface area contributed by atoms with Gasteiger partial charge in [0.15, 0.2) is 5.96 Å². The quantitative estimate of drug-likeness (QED) is 0.572. The number of rotatable bonds is 8. The maximum atomic E-state index is 4.42. The van der Waals surface area contributed by atoms with Crippen LogP contribution in [-0.4, -0.2) is 29.1 Å². The lowest BCUT2D eigenvalue weighted by Crippen LogP contribution is -2.39. The molecule has 2 N–H and O–H groups in total. The molecule has 0 spiro atoms. The highest BCUT2D eigenvalue weighted by atomic mass is 15.2. The van der Waals surface area contributed by atoms with Gasteiger partial charge >= 0.3 is 0 Å². The molecule has 0 aliphatic rings. The first kappa shape index (κ1) is 17.5. The maximum Gasteiger partial charge on any atom is 0.191 e. The first-order chi connectivity index (χ1) is 10.1. The largest absolute Gasteiger partial charge is 0.356 e. The molecule has 1 rings (SSSR count). The standard InChI is InChI=1S/C16H31N5/c1-6-14(7-2)10-19-16(17-5)20-11-15-18-8-9-21(15)12-13(3)4/h8-9,13-14H,6-7,10-12H2,1-5H3,(H2,17,19,20). The van der Waals surface area contributed by atoms with Crippen molar-refractivity contribution in [2.45, 2.75) is 53.6 Å². The highest BCUT2D eigenvalue weighted by Crippen LogP contribution is 2.05. The summed E-state index contributed by atoms with van der Waals surface area (Å²) in [6.45, 7) is 11.6. The number of aliphatic imine (C=N–C) groups is 1. The van der Waals surface area contributed by atoms with Crippen LogP contribution in [0.2, 0.25) is 0 Å². The summed E-state index contributed by atoms with van der Waals surface area (Å²) in [5, 5.41) is 6.74. The van der Waals surface area contributed by atoms with Crippen molar-refractivity contribution in [3.63, 3.8) is 0 Å². The lowest BCUT2D eigenvalue weighted by Gasteiger charge is -2.17. The van der Waals surface area contributed by atoms with Crippen LogP contribution in [-0.2, 0) is 13.1 Å². The second kappa shape index (κ2) is 9.42. The predicted octanol–water partition coefficient (Wildman–Crippen LogP) is 2.64. The van der Waals surface area contributed by atoms with Gasteiger partial charge in [0.1, 0.15) is 5.82 Å².